The standard InChI is InChI=1S/C21H19F3N4O2S2/c1-12(17-18(29)28(20(25)32-17)11-13-6-4-3-5-7-13)27(2)15-10-14(8-9-16(15)31)26-19(30)21(22,23)24/h3-10,25,31H,11H2,1-2H3,(H,26,30)/b17-12+,25-20?. The maximum atomic E-state index is 13.0. The number of nitrogens with one attached hydrogen (secondary N) is 2. The summed E-state index contributed by atoms with van der Waals surface area (Å²) in [4.78, 5) is 27.9. The number of hydrogen-bond acceptors (Lipinski definition) is 6. The number of allylic oxidation sites excluding steroid dienone is 1. The van der Waals surface area contributed by atoms with E-state index in [1.54, 1.807) is 18.9 Å². The van der Waals surface area contributed by atoms with Gasteiger partial charge in [-0.25, -0.2) is 0 Å². The first-order valence-corrected chi connectivity index (χ1v) is 10.5. The average Bonchev–Trinajstić information content (AvgIpc) is 3.02. The van der Waals surface area contributed by atoms with E-state index in [1.165, 1.54) is 23.1 Å². The van der Waals surface area contributed by atoms with Crippen LogP contribution in [0.5, 0.6) is 0 Å². The van der Waals surface area contributed by atoms with E-state index in [1.807, 2.05) is 35.6 Å². The van der Waals surface area contributed by atoms with Crippen molar-refractivity contribution in [3.05, 3.63) is 64.7 Å². The molecule has 1 aliphatic heterocycles. The summed E-state index contributed by atoms with van der Waals surface area (Å²) >= 11 is 5.36. The van der Waals surface area contributed by atoms with Crippen LogP contribution in [-0.2, 0) is 16.1 Å². The molecule has 0 unspecified atom stereocenters. The summed E-state index contributed by atoms with van der Waals surface area (Å²) in [5.74, 6) is -2.42. The van der Waals surface area contributed by atoms with Crippen molar-refractivity contribution in [2.75, 3.05) is 17.3 Å². The minimum absolute atomic E-state index is 0.0615. The largest absolute Gasteiger partial charge is 0.471 e. The molecule has 0 spiro atoms. The lowest BCUT2D eigenvalue weighted by atomic mass is 10.2. The maximum absolute atomic E-state index is 13.0. The van der Waals surface area contributed by atoms with E-state index in [2.05, 4.69) is 12.6 Å². The predicted octanol–water partition coefficient (Wildman–Crippen LogP) is 4.85. The van der Waals surface area contributed by atoms with E-state index >= 15 is 0 Å². The van der Waals surface area contributed by atoms with Crippen LogP contribution in [0.4, 0.5) is 24.5 Å². The monoisotopic (exact) mass is 480 g/mol. The number of alkyl halides is 3. The van der Waals surface area contributed by atoms with Crippen LogP contribution in [-0.4, -0.2) is 35.1 Å². The van der Waals surface area contributed by atoms with Crippen molar-refractivity contribution in [2.45, 2.75) is 24.5 Å². The molecule has 2 N–H and O–H groups in total. The molecule has 168 valence electrons. The Kier molecular flexibility index (Phi) is 6.89. The van der Waals surface area contributed by atoms with Crippen LogP contribution in [0.1, 0.15) is 12.5 Å². The van der Waals surface area contributed by atoms with Crippen molar-refractivity contribution in [3.63, 3.8) is 0 Å². The molecular weight excluding hydrogens is 461 g/mol. The number of amides is 2. The molecule has 0 atom stereocenters. The van der Waals surface area contributed by atoms with Gasteiger partial charge in [0.15, 0.2) is 5.17 Å². The van der Waals surface area contributed by atoms with Crippen molar-refractivity contribution in [2.24, 2.45) is 0 Å². The number of nitrogens with zero attached hydrogens (tertiary/aromatic N) is 2. The Bertz CT molecular complexity index is 1100. The van der Waals surface area contributed by atoms with Crippen LogP contribution >= 0.6 is 24.4 Å². The van der Waals surface area contributed by atoms with Crippen LogP contribution in [0.25, 0.3) is 0 Å². The van der Waals surface area contributed by atoms with Crippen molar-refractivity contribution in [1.82, 2.24) is 4.90 Å². The number of halogens is 3. The highest BCUT2D eigenvalue weighted by atomic mass is 32.2. The number of rotatable bonds is 5. The van der Waals surface area contributed by atoms with Crippen LogP contribution in [0.15, 0.2) is 64.0 Å². The molecule has 1 saturated heterocycles. The fourth-order valence-electron chi connectivity index (χ4n) is 2.95. The Balaban J connectivity index is 1.86. The highest BCUT2D eigenvalue weighted by Crippen LogP contribution is 2.37. The first-order valence-electron chi connectivity index (χ1n) is 9.27. The van der Waals surface area contributed by atoms with Crippen molar-refractivity contribution >= 4 is 52.7 Å². The number of anilines is 2. The van der Waals surface area contributed by atoms with Gasteiger partial charge in [0.25, 0.3) is 5.91 Å². The Morgan fingerprint density at radius 2 is 1.88 bits per heavy atom. The van der Waals surface area contributed by atoms with Crippen LogP contribution < -0.4 is 10.2 Å². The summed E-state index contributed by atoms with van der Waals surface area (Å²) in [7, 11) is 1.63. The number of carbonyl (C=O) groups is 2. The molecule has 32 heavy (non-hydrogen) atoms. The predicted molar refractivity (Wildman–Crippen MR) is 122 cm³/mol. The maximum Gasteiger partial charge on any atom is 0.471 e. The van der Waals surface area contributed by atoms with Gasteiger partial charge >= 0.3 is 12.1 Å². The van der Waals surface area contributed by atoms with Gasteiger partial charge in [0.2, 0.25) is 0 Å². The average molecular weight is 481 g/mol. The van der Waals surface area contributed by atoms with E-state index in [9.17, 15) is 22.8 Å². The second-order valence-corrected chi connectivity index (χ2v) is 8.39. The molecular formula is C21H19F3N4O2S2. The third kappa shape index (κ3) is 5.10. The Labute approximate surface area is 192 Å². The zero-order valence-corrected chi connectivity index (χ0v) is 18.7. The molecule has 2 amide bonds. The summed E-state index contributed by atoms with van der Waals surface area (Å²) in [5.41, 5.74) is 1.70. The van der Waals surface area contributed by atoms with Gasteiger partial charge < -0.3 is 10.2 Å². The van der Waals surface area contributed by atoms with Crippen molar-refractivity contribution in [3.8, 4) is 0 Å². The van der Waals surface area contributed by atoms with E-state index in [4.69, 9.17) is 5.41 Å². The quantitative estimate of drug-likeness (QED) is 0.422. The third-order valence-corrected chi connectivity index (χ3v) is 6.22. The lowest BCUT2D eigenvalue weighted by molar-refractivity contribution is -0.167. The molecule has 0 aliphatic carbocycles. The molecule has 1 fully saturated rings. The number of benzene rings is 2. The normalized spacial score (nSPS) is 15.8. The first kappa shape index (κ1) is 23.7. The fourth-order valence-corrected chi connectivity index (χ4v) is 4.18. The highest BCUT2D eigenvalue weighted by molar-refractivity contribution is 8.18. The second kappa shape index (κ2) is 9.29. The van der Waals surface area contributed by atoms with E-state index in [-0.39, 0.29) is 23.3 Å². The van der Waals surface area contributed by atoms with Crippen LogP contribution in [0, 0.1) is 5.41 Å². The van der Waals surface area contributed by atoms with Crippen molar-refractivity contribution < 1.29 is 22.8 Å². The first-order chi connectivity index (χ1) is 15.0. The van der Waals surface area contributed by atoms with E-state index in [0.717, 1.165) is 17.3 Å². The Morgan fingerprint density at radius 1 is 1.22 bits per heavy atom. The lowest BCUT2D eigenvalue weighted by Crippen LogP contribution is -2.30. The highest BCUT2D eigenvalue weighted by Gasteiger charge is 2.39. The number of amidine groups is 1. The molecule has 1 heterocycles. The molecule has 11 heteroatoms. The second-order valence-electron chi connectivity index (χ2n) is 6.91. The van der Waals surface area contributed by atoms with Gasteiger partial charge in [0.1, 0.15) is 0 Å². The molecule has 2 aromatic rings. The molecule has 1 aliphatic rings. The molecule has 0 aromatic heterocycles. The SMILES string of the molecule is C/C(=C1\SC(=N)N(Cc2ccccc2)C1=O)N(C)c1cc(NC(=O)C(F)(F)F)ccc1S. The van der Waals surface area contributed by atoms with Gasteiger partial charge in [0, 0.05) is 23.3 Å². The van der Waals surface area contributed by atoms with Gasteiger partial charge in [-0.15, -0.1) is 12.6 Å². The summed E-state index contributed by atoms with van der Waals surface area (Å²) in [6.07, 6.45) is -5.01. The molecule has 2 aromatic carbocycles. The number of thiol groups is 1. The van der Waals surface area contributed by atoms with Gasteiger partial charge in [-0.2, -0.15) is 13.2 Å². The number of hydrogen-bond donors (Lipinski definition) is 3. The lowest BCUT2D eigenvalue weighted by Gasteiger charge is -2.24. The van der Waals surface area contributed by atoms with Gasteiger partial charge in [0.05, 0.1) is 17.1 Å². The minimum atomic E-state index is -5.01. The zero-order valence-electron chi connectivity index (χ0n) is 17.0. The van der Waals surface area contributed by atoms with Crippen LogP contribution in [0.2, 0.25) is 0 Å². The Morgan fingerprint density at radius 3 is 2.50 bits per heavy atom. The molecule has 3 rings (SSSR count). The van der Waals surface area contributed by atoms with Crippen molar-refractivity contribution in [1.29, 1.82) is 5.41 Å². The Hall–Kier alpha value is -2.92. The van der Waals surface area contributed by atoms with E-state index < -0.39 is 12.1 Å². The van der Waals surface area contributed by atoms with Gasteiger partial charge in [-0.1, -0.05) is 30.3 Å². The fraction of sp³-hybridized carbons (Fsp3) is 0.190. The van der Waals surface area contributed by atoms with Gasteiger partial charge in [-0.3, -0.25) is 19.9 Å². The molecule has 0 bridgehead atoms. The topological polar surface area (TPSA) is 76.5 Å². The summed E-state index contributed by atoms with van der Waals surface area (Å²) in [6.45, 7) is 1.93. The zero-order chi connectivity index (χ0) is 23.6. The summed E-state index contributed by atoms with van der Waals surface area (Å²) in [5, 5.41) is 10.1. The summed E-state index contributed by atoms with van der Waals surface area (Å²) < 4.78 is 37.7. The van der Waals surface area contributed by atoms with Crippen LogP contribution in [0.3, 0.4) is 0 Å². The molecule has 0 radical (unpaired) electrons. The number of carbonyl (C=O) groups excluding carboxylic acids is 2. The molecule has 6 nitrogen and oxygen atoms in total. The number of thioether (sulfide) groups is 1. The third-order valence-electron chi connectivity index (χ3n) is 4.75. The minimum Gasteiger partial charge on any atom is -0.346 e. The van der Waals surface area contributed by atoms with Gasteiger partial charge in [-0.05, 0) is 42.4 Å². The smallest absolute Gasteiger partial charge is 0.346 e. The molecule has 0 saturated carbocycles. The van der Waals surface area contributed by atoms with E-state index in [0.29, 0.717) is 21.2 Å². The summed E-state index contributed by atoms with van der Waals surface area (Å²) in [6, 6.07) is 13.4.